The minimum absolute atomic E-state index is 0.201. The fraction of sp³-hybridized carbons (Fsp3) is 0.185. The SMILES string of the molecule is CC(NC(=O)c1ccc2c(c1)C(=O)N(CCc1ccccc1)C2=O)C(=O)NCc1ccccc1. The highest BCUT2D eigenvalue weighted by molar-refractivity contribution is 6.22. The Hall–Kier alpha value is -4.26. The molecular weight excluding hydrogens is 430 g/mol. The van der Waals surface area contributed by atoms with Crippen molar-refractivity contribution in [2.24, 2.45) is 0 Å². The Morgan fingerprint density at radius 1 is 0.824 bits per heavy atom. The molecule has 3 aromatic carbocycles. The first-order valence-corrected chi connectivity index (χ1v) is 11.1. The molecule has 0 saturated heterocycles. The predicted molar refractivity (Wildman–Crippen MR) is 127 cm³/mol. The van der Waals surface area contributed by atoms with Gasteiger partial charge in [0, 0.05) is 18.7 Å². The van der Waals surface area contributed by atoms with Crippen molar-refractivity contribution >= 4 is 23.6 Å². The molecule has 7 heteroatoms. The van der Waals surface area contributed by atoms with Gasteiger partial charge in [-0.2, -0.15) is 0 Å². The highest BCUT2D eigenvalue weighted by Crippen LogP contribution is 2.24. The van der Waals surface area contributed by atoms with Crippen LogP contribution in [0.3, 0.4) is 0 Å². The maximum atomic E-state index is 12.9. The van der Waals surface area contributed by atoms with Gasteiger partial charge in [-0.05, 0) is 42.7 Å². The molecule has 172 valence electrons. The first-order valence-electron chi connectivity index (χ1n) is 11.1. The number of hydrogen-bond acceptors (Lipinski definition) is 4. The normalized spacial score (nSPS) is 13.4. The monoisotopic (exact) mass is 455 g/mol. The topological polar surface area (TPSA) is 95.6 Å². The highest BCUT2D eigenvalue weighted by atomic mass is 16.2. The second kappa shape index (κ2) is 10.1. The zero-order chi connectivity index (χ0) is 24.1. The lowest BCUT2D eigenvalue weighted by molar-refractivity contribution is -0.122. The number of carbonyl (C=O) groups excluding carboxylic acids is 4. The molecule has 0 bridgehead atoms. The maximum Gasteiger partial charge on any atom is 0.261 e. The van der Waals surface area contributed by atoms with Gasteiger partial charge in [-0.25, -0.2) is 0 Å². The molecule has 0 aliphatic carbocycles. The zero-order valence-electron chi connectivity index (χ0n) is 18.8. The minimum atomic E-state index is -0.774. The van der Waals surface area contributed by atoms with Crippen molar-refractivity contribution in [1.29, 1.82) is 0 Å². The van der Waals surface area contributed by atoms with Crippen LogP contribution in [-0.4, -0.2) is 41.1 Å². The van der Waals surface area contributed by atoms with E-state index in [9.17, 15) is 19.2 Å². The van der Waals surface area contributed by atoms with Gasteiger partial charge in [0.15, 0.2) is 0 Å². The van der Waals surface area contributed by atoms with Crippen LogP contribution in [0.5, 0.6) is 0 Å². The number of amides is 4. The third-order valence-corrected chi connectivity index (χ3v) is 5.75. The molecule has 0 fully saturated rings. The third-order valence-electron chi connectivity index (χ3n) is 5.75. The number of nitrogens with one attached hydrogen (secondary N) is 2. The van der Waals surface area contributed by atoms with Gasteiger partial charge >= 0.3 is 0 Å². The second-order valence-electron chi connectivity index (χ2n) is 8.16. The van der Waals surface area contributed by atoms with E-state index in [2.05, 4.69) is 10.6 Å². The van der Waals surface area contributed by atoms with Gasteiger partial charge in [0.25, 0.3) is 17.7 Å². The van der Waals surface area contributed by atoms with E-state index in [1.165, 1.54) is 23.1 Å². The summed E-state index contributed by atoms with van der Waals surface area (Å²) in [5.74, 6) is -1.60. The quantitative estimate of drug-likeness (QED) is 0.511. The lowest BCUT2D eigenvalue weighted by Gasteiger charge is -2.14. The zero-order valence-corrected chi connectivity index (χ0v) is 18.8. The molecule has 1 aliphatic rings. The molecular formula is C27H25N3O4. The van der Waals surface area contributed by atoms with Gasteiger partial charge in [0.05, 0.1) is 11.1 Å². The Labute approximate surface area is 197 Å². The summed E-state index contributed by atoms with van der Waals surface area (Å²) in [5.41, 5.74) is 2.68. The van der Waals surface area contributed by atoms with Crippen LogP contribution in [0.4, 0.5) is 0 Å². The summed E-state index contributed by atoms with van der Waals surface area (Å²) in [6.07, 6.45) is 0.551. The molecule has 4 rings (SSSR count). The molecule has 1 unspecified atom stereocenters. The van der Waals surface area contributed by atoms with Gasteiger partial charge < -0.3 is 10.6 Å². The van der Waals surface area contributed by atoms with E-state index in [4.69, 9.17) is 0 Å². The molecule has 0 saturated carbocycles. The van der Waals surface area contributed by atoms with Crippen LogP contribution >= 0.6 is 0 Å². The predicted octanol–water partition coefficient (Wildman–Crippen LogP) is 2.96. The maximum absolute atomic E-state index is 12.9. The molecule has 3 aromatic rings. The van der Waals surface area contributed by atoms with Crippen LogP contribution in [0, 0.1) is 0 Å². The van der Waals surface area contributed by atoms with Crippen LogP contribution < -0.4 is 10.6 Å². The van der Waals surface area contributed by atoms with Crippen LogP contribution in [0.2, 0.25) is 0 Å². The molecule has 0 aromatic heterocycles. The number of fused-ring (bicyclic) bond motifs is 1. The summed E-state index contributed by atoms with van der Waals surface area (Å²) >= 11 is 0. The van der Waals surface area contributed by atoms with E-state index in [1.54, 1.807) is 6.92 Å². The summed E-state index contributed by atoms with van der Waals surface area (Å²) in [6.45, 7) is 2.20. The average Bonchev–Trinajstić information content (AvgIpc) is 3.11. The molecule has 1 aliphatic heterocycles. The first kappa shape index (κ1) is 22.9. The number of carbonyl (C=O) groups is 4. The van der Waals surface area contributed by atoms with Crippen LogP contribution in [0.25, 0.3) is 0 Å². The van der Waals surface area contributed by atoms with E-state index in [0.717, 1.165) is 11.1 Å². The molecule has 7 nitrogen and oxygen atoms in total. The first-order chi connectivity index (χ1) is 16.4. The van der Waals surface area contributed by atoms with Crippen molar-refractivity contribution in [3.63, 3.8) is 0 Å². The Morgan fingerprint density at radius 3 is 2.12 bits per heavy atom. The lowest BCUT2D eigenvalue weighted by Crippen LogP contribution is -2.44. The molecule has 2 N–H and O–H groups in total. The van der Waals surface area contributed by atoms with Gasteiger partial charge in [0.1, 0.15) is 6.04 Å². The van der Waals surface area contributed by atoms with Crippen LogP contribution in [0.1, 0.15) is 49.1 Å². The van der Waals surface area contributed by atoms with Crippen molar-refractivity contribution in [2.45, 2.75) is 25.9 Å². The van der Waals surface area contributed by atoms with E-state index in [1.807, 2.05) is 60.7 Å². The molecule has 1 heterocycles. The molecule has 4 amide bonds. The standard InChI is InChI=1S/C27H25N3O4/c1-18(24(31)28-17-20-10-6-3-7-11-20)29-25(32)21-12-13-22-23(16-21)27(34)30(26(22)33)15-14-19-8-4-2-5-9-19/h2-13,16,18H,14-15,17H2,1H3,(H,28,31)(H,29,32). The highest BCUT2D eigenvalue weighted by Gasteiger charge is 2.35. The van der Waals surface area contributed by atoms with E-state index in [0.29, 0.717) is 13.0 Å². The summed E-state index contributed by atoms with van der Waals surface area (Å²) in [5, 5.41) is 5.43. The molecule has 34 heavy (non-hydrogen) atoms. The average molecular weight is 456 g/mol. The Bertz CT molecular complexity index is 1230. The Morgan fingerprint density at radius 2 is 1.44 bits per heavy atom. The van der Waals surface area contributed by atoms with Crippen molar-refractivity contribution in [1.82, 2.24) is 15.5 Å². The minimum Gasteiger partial charge on any atom is -0.350 e. The number of hydrogen-bond donors (Lipinski definition) is 2. The lowest BCUT2D eigenvalue weighted by atomic mass is 10.0. The van der Waals surface area contributed by atoms with Crippen molar-refractivity contribution in [3.8, 4) is 0 Å². The number of nitrogens with zero attached hydrogens (tertiary/aromatic N) is 1. The molecule has 1 atom stereocenters. The van der Waals surface area contributed by atoms with Gasteiger partial charge in [-0.1, -0.05) is 60.7 Å². The van der Waals surface area contributed by atoms with Gasteiger partial charge in [0.2, 0.25) is 5.91 Å². The second-order valence-corrected chi connectivity index (χ2v) is 8.16. The Kier molecular flexibility index (Phi) is 6.82. The summed E-state index contributed by atoms with van der Waals surface area (Å²) < 4.78 is 0. The fourth-order valence-corrected chi connectivity index (χ4v) is 3.80. The van der Waals surface area contributed by atoms with Crippen molar-refractivity contribution in [3.05, 3.63) is 107 Å². The molecule has 0 radical (unpaired) electrons. The van der Waals surface area contributed by atoms with Gasteiger partial charge in [-0.3, -0.25) is 24.1 Å². The van der Waals surface area contributed by atoms with Crippen LogP contribution in [0.15, 0.2) is 78.9 Å². The third kappa shape index (κ3) is 5.04. The number of benzene rings is 3. The fourth-order valence-electron chi connectivity index (χ4n) is 3.80. The summed E-state index contributed by atoms with van der Waals surface area (Å²) in [7, 11) is 0. The largest absolute Gasteiger partial charge is 0.350 e. The smallest absolute Gasteiger partial charge is 0.261 e. The van der Waals surface area contributed by atoms with E-state index in [-0.39, 0.29) is 35.0 Å². The summed E-state index contributed by atoms with van der Waals surface area (Å²) in [6, 6.07) is 22.7. The number of imide groups is 1. The van der Waals surface area contributed by atoms with E-state index >= 15 is 0 Å². The Balaban J connectivity index is 1.37. The number of rotatable bonds is 8. The van der Waals surface area contributed by atoms with Crippen molar-refractivity contribution < 1.29 is 19.2 Å². The van der Waals surface area contributed by atoms with Gasteiger partial charge in [-0.15, -0.1) is 0 Å². The van der Waals surface area contributed by atoms with Crippen LogP contribution in [-0.2, 0) is 17.8 Å². The van der Waals surface area contributed by atoms with Crippen molar-refractivity contribution in [2.75, 3.05) is 6.54 Å². The summed E-state index contributed by atoms with van der Waals surface area (Å²) in [4.78, 5) is 51.9. The molecule has 0 spiro atoms. The van der Waals surface area contributed by atoms with E-state index < -0.39 is 17.9 Å².